The first-order valence-electron chi connectivity index (χ1n) is 9.35. The third kappa shape index (κ3) is 2.13. The Morgan fingerprint density at radius 3 is 2.23 bits per heavy atom. The maximum absolute atomic E-state index is 6.63. The van der Waals surface area contributed by atoms with Crippen molar-refractivity contribution in [2.24, 2.45) is 0 Å². The molecular formula is C21H20O5. The van der Waals surface area contributed by atoms with Crippen LogP contribution < -0.4 is 18.9 Å². The van der Waals surface area contributed by atoms with E-state index in [1.165, 1.54) is 30.4 Å². The lowest BCUT2D eigenvalue weighted by Gasteiger charge is -2.41. The molecule has 2 aromatic carbocycles. The van der Waals surface area contributed by atoms with Gasteiger partial charge >= 0.3 is 0 Å². The summed E-state index contributed by atoms with van der Waals surface area (Å²) in [6, 6.07) is 10.4. The molecule has 0 radical (unpaired) electrons. The Bertz CT molecular complexity index is 877. The lowest BCUT2D eigenvalue weighted by molar-refractivity contribution is -0.0390. The summed E-state index contributed by atoms with van der Waals surface area (Å²) in [6.07, 6.45) is 4.91. The molecule has 3 aliphatic heterocycles. The molecule has 0 unspecified atom stereocenters. The Balaban J connectivity index is 1.49. The lowest BCUT2D eigenvalue weighted by Crippen LogP contribution is -2.33. The molecular weight excluding hydrogens is 332 g/mol. The molecule has 0 N–H and O–H groups in total. The van der Waals surface area contributed by atoms with Crippen LogP contribution in [0.1, 0.15) is 54.4 Å². The predicted octanol–water partition coefficient (Wildman–Crippen LogP) is 4.29. The molecule has 3 atom stereocenters. The average Bonchev–Trinajstić information content (AvgIpc) is 3.33. The smallest absolute Gasteiger partial charge is 0.231 e. The van der Waals surface area contributed by atoms with E-state index >= 15 is 0 Å². The van der Waals surface area contributed by atoms with Crippen LogP contribution in [0.25, 0.3) is 0 Å². The summed E-state index contributed by atoms with van der Waals surface area (Å²) in [5, 5.41) is 0. The highest BCUT2D eigenvalue weighted by Gasteiger charge is 2.39. The van der Waals surface area contributed by atoms with E-state index in [1.807, 2.05) is 12.1 Å². The molecule has 134 valence electrons. The van der Waals surface area contributed by atoms with Crippen LogP contribution in [0.15, 0.2) is 30.3 Å². The van der Waals surface area contributed by atoms with Crippen molar-refractivity contribution in [1.29, 1.82) is 0 Å². The highest BCUT2D eigenvalue weighted by molar-refractivity contribution is 5.55. The van der Waals surface area contributed by atoms with Gasteiger partial charge < -0.3 is 23.7 Å². The van der Waals surface area contributed by atoms with E-state index in [0.717, 1.165) is 35.0 Å². The van der Waals surface area contributed by atoms with E-state index in [-0.39, 0.29) is 19.0 Å². The summed E-state index contributed by atoms with van der Waals surface area (Å²) in [7, 11) is 0. The predicted molar refractivity (Wildman–Crippen MR) is 93.1 cm³/mol. The van der Waals surface area contributed by atoms with Crippen LogP contribution in [-0.2, 0) is 4.74 Å². The van der Waals surface area contributed by atoms with E-state index < -0.39 is 0 Å². The Labute approximate surface area is 151 Å². The summed E-state index contributed by atoms with van der Waals surface area (Å²) >= 11 is 0. The largest absolute Gasteiger partial charge is 0.454 e. The van der Waals surface area contributed by atoms with Crippen molar-refractivity contribution in [1.82, 2.24) is 0 Å². The first kappa shape index (κ1) is 14.7. The Hall–Kier alpha value is -2.40. The van der Waals surface area contributed by atoms with Gasteiger partial charge in [0.2, 0.25) is 13.6 Å². The molecule has 5 heteroatoms. The van der Waals surface area contributed by atoms with Crippen LogP contribution in [0.4, 0.5) is 0 Å². The van der Waals surface area contributed by atoms with Crippen molar-refractivity contribution >= 4 is 0 Å². The van der Waals surface area contributed by atoms with Gasteiger partial charge in [0.05, 0.1) is 6.10 Å². The Morgan fingerprint density at radius 2 is 1.38 bits per heavy atom. The summed E-state index contributed by atoms with van der Waals surface area (Å²) in [5.74, 6) is 3.70. The molecule has 2 aromatic rings. The van der Waals surface area contributed by atoms with E-state index in [2.05, 4.69) is 18.2 Å². The fraction of sp³-hybridized carbons (Fsp3) is 0.429. The van der Waals surface area contributed by atoms with Crippen molar-refractivity contribution in [3.63, 3.8) is 0 Å². The van der Waals surface area contributed by atoms with Gasteiger partial charge in [-0.15, -0.1) is 0 Å². The van der Waals surface area contributed by atoms with E-state index in [0.29, 0.717) is 12.7 Å². The second kappa shape index (κ2) is 5.55. The van der Waals surface area contributed by atoms with Crippen LogP contribution >= 0.6 is 0 Å². The van der Waals surface area contributed by atoms with Crippen molar-refractivity contribution in [3.8, 4) is 23.0 Å². The minimum absolute atomic E-state index is 0.117. The summed E-state index contributed by atoms with van der Waals surface area (Å²) < 4.78 is 28.9. The molecule has 0 bridgehead atoms. The minimum Gasteiger partial charge on any atom is -0.454 e. The normalized spacial score (nSPS) is 27.8. The quantitative estimate of drug-likeness (QED) is 0.766. The zero-order valence-corrected chi connectivity index (χ0v) is 14.4. The van der Waals surface area contributed by atoms with Crippen LogP contribution in [0.5, 0.6) is 23.0 Å². The van der Waals surface area contributed by atoms with Gasteiger partial charge in [-0.1, -0.05) is 18.9 Å². The lowest BCUT2D eigenvalue weighted by atomic mass is 9.76. The third-order valence-electron chi connectivity index (χ3n) is 5.97. The number of ether oxygens (including phenoxy) is 5. The second-order valence-corrected chi connectivity index (χ2v) is 7.39. The monoisotopic (exact) mass is 352 g/mol. The number of rotatable bonds is 1. The molecule has 5 nitrogen and oxygen atoms in total. The van der Waals surface area contributed by atoms with E-state index in [4.69, 9.17) is 23.7 Å². The topological polar surface area (TPSA) is 46.2 Å². The van der Waals surface area contributed by atoms with Gasteiger partial charge in [0.25, 0.3) is 0 Å². The molecule has 4 aliphatic rings. The van der Waals surface area contributed by atoms with Gasteiger partial charge in [0, 0.05) is 5.92 Å². The third-order valence-corrected chi connectivity index (χ3v) is 5.97. The van der Waals surface area contributed by atoms with Crippen LogP contribution in [0.2, 0.25) is 0 Å². The molecule has 1 aliphatic carbocycles. The maximum atomic E-state index is 6.63. The van der Waals surface area contributed by atoms with Crippen LogP contribution in [0.3, 0.4) is 0 Å². The number of hydrogen-bond acceptors (Lipinski definition) is 5. The van der Waals surface area contributed by atoms with Crippen LogP contribution in [-0.4, -0.2) is 19.7 Å². The molecule has 0 aromatic heterocycles. The summed E-state index contributed by atoms with van der Waals surface area (Å²) in [4.78, 5) is 0. The van der Waals surface area contributed by atoms with Gasteiger partial charge in [-0.2, -0.15) is 0 Å². The number of hydrogen-bond donors (Lipinski definition) is 0. The zero-order chi connectivity index (χ0) is 17.1. The molecule has 26 heavy (non-hydrogen) atoms. The van der Waals surface area contributed by atoms with Gasteiger partial charge in [-0.3, -0.25) is 0 Å². The first-order valence-corrected chi connectivity index (χ1v) is 9.35. The highest BCUT2D eigenvalue weighted by atomic mass is 16.7. The molecule has 1 fully saturated rings. The Morgan fingerprint density at radius 1 is 0.692 bits per heavy atom. The zero-order valence-electron chi connectivity index (χ0n) is 14.4. The number of benzene rings is 2. The summed E-state index contributed by atoms with van der Waals surface area (Å²) in [6.45, 7) is 0.576. The van der Waals surface area contributed by atoms with E-state index in [1.54, 1.807) is 0 Å². The van der Waals surface area contributed by atoms with Crippen molar-refractivity contribution in [2.45, 2.75) is 43.8 Å². The van der Waals surface area contributed by atoms with Gasteiger partial charge in [0.1, 0.15) is 6.10 Å². The maximum Gasteiger partial charge on any atom is 0.231 e. The molecule has 6 rings (SSSR count). The molecule has 0 amide bonds. The highest BCUT2D eigenvalue weighted by Crippen LogP contribution is 2.51. The minimum atomic E-state index is -0.117. The van der Waals surface area contributed by atoms with Gasteiger partial charge in [0.15, 0.2) is 23.0 Å². The summed E-state index contributed by atoms with van der Waals surface area (Å²) in [5.41, 5.74) is 3.64. The Kier molecular flexibility index (Phi) is 3.14. The fourth-order valence-corrected chi connectivity index (χ4v) is 4.72. The van der Waals surface area contributed by atoms with Crippen molar-refractivity contribution in [3.05, 3.63) is 47.0 Å². The molecule has 3 heterocycles. The van der Waals surface area contributed by atoms with Gasteiger partial charge in [-0.05, 0) is 53.8 Å². The average molecular weight is 352 g/mol. The SMILES string of the molecule is c1cc2c(cc1[C@H]1O[C@H]3CCCC[C@H]3c3cc4c(cc31)OCO4)OCO2. The van der Waals surface area contributed by atoms with Crippen LogP contribution in [0, 0.1) is 0 Å². The standard InChI is InChI=1S/C21H20O5/c1-2-4-16-13(3-1)14-8-19-20(25-11-24-19)9-15(14)21(26-16)12-5-6-17-18(7-12)23-10-22-17/h5-9,13,16,21H,1-4,10-11H2/t13-,16-,21+/m0/s1. The fourth-order valence-electron chi connectivity index (χ4n) is 4.72. The molecule has 0 spiro atoms. The second-order valence-electron chi connectivity index (χ2n) is 7.39. The van der Waals surface area contributed by atoms with Crippen molar-refractivity contribution in [2.75, 3.05) is 13.6 Å². The van der Waals surface area contributed by atoms with Crippen molar-refractivity contribution < 1.29 is 23.7 Å². The van der Waals surface area contributed by atoms with Gasteiger partial charge in [-0.25, -0.2) is 0 Å². The molecule has 0 saturated heterocycles. The van der Waals surface area contributed by atoms with E-state index in [9.17, 15) is 0 Å². The number of fused-ring (bicyclic) bond motifs is 5. The first-order chi connectivity index (χ1) is 12.9. The molecule has 1 saturated carbocycles.